The van der Waals surface area contributed by atoms with Crippen molar-refractivity contribution in [2.45, 2.75) is 20.3 Å². The van der Waals surface area contributed by atoms with Crippen LogP contribution in [0.5, 0.6) is 11.6 Å². The second kappa shape index (κ2) is 9.58. The lowest BCUT2D eigenvalue weighted by molar-refractivity contribution is 0.257. The molecule has 3 N–H and O–H groups in total. The summed E-state index contributed by atoms with van der Waals surface area (Å²) in [6, 6.07) is 13.8. The highest BCUT2D eigenvalue weighted by Gasteiger charge is 2.44. The third kappa shape index (κ3) is 4.16. The second-order valence-electron chi connectivity index (χ2n) is 9.36. The number of nitrogens with zero attached hydrogens (tertiary/aromatic N) is 6. The average Bonchev–Trinajstić information content (AvgIpc) is 3.25. The first kappa shape index (κ1) is 24.3. The van der Waals surface area contributed by atoms with Crippen molar-refractivity contribution < 1.29 is 4.74 Å². The maximum atomic E-state index is 9.23. The molecule has 0 radical (unpaired) electrons. The van der Waals surface area contributed by atoms with Gasteiger partial charge in [0.1, 0.15) is 11.4 Å². The molecule has 37 heavy (non-hydrogen) atoms. The zero-order valence-corrected chi connectivity index (χ0v) is 21.2. The fraction of sp³-hybridized carbons (Fsp3) is 0.250. The molecule has 186 valence electrons. The van der Waals surface area contributed by atoms with E-state index >= 15 is 0 Å². The molecule has 9 nitrogen and oxygen atoms in total. The zero-order valence-electron chi connectivity index (χ0n) is 21.2. The van der Waals surface area contributed by atoms with E-state index in [1.165, 1.54) is 6.21 Å². The van der Waals surface area contributed by atoms with Crippen molar-refractivity contribution in [3.8, 4) is 17.7 Å². The summed E-state index contributed by atoms with van der Waals surface area (Å²) in [6.45, 7) is 6.05. The third-order valence-corrected chi connectivity index (χ3v) is 6.95. The highest BCUT2D eigenvalue weighted by Crippen LogP contribution is 2.41. The van der Waals surface area contributed by atoms with Crippen LogP contribution in [0.2, 0.25) is 0 Å². The Morgan fingerprint density at radius 3 is 2.46 bits per heavy atom. The van der Waals surface area contributed by atoms with Crippen LogP contribution in [-0.2, 0) is 7.05 Å². The van der Waals surface area contributed by atoms with E-state index in [-0.39, 0.29) is 0 Å². The van der Waals surface area contributed by atoms with Crippen LogP contribution in [0.15, 0.2) is 48.8 Å². The molecule has 0 aliphatic carbocycles. The number of nitrogens with two attached hydrogens (primary N) is 1. The van der Waals surface area contributed by atoms with Crippen molar-refractivity contribution in [3.63, 3.8) is 0 Å². The predicted molar refractivity (Wildman–Crippen MR) is 145 cm³/mol. The van der Waals surface area contributed by atoms with Gasteiger partial charge >= 0.3 is 5.95 Å². The summed E-state index contributed by atoms with van der Waals surface area (Å²) in [5.74, 6) is 1.75. The molecule has 0 atom stereocenters. The van der Waals surface area contributed by atoms with E-state index in [4.69, 9.17) is 25.8 Å². The normalized spacial score (nSPS) is 14.7. The van der Waals surface area contributed by atoms with Crippen molar-refractivity contribution in [1.82, 2.24) is 24.0 Å². The highest BCUT2D eigenvalue weighted by atomic mass is 16.5. The number of allylic oxidation sites excluding steroid dienone is 1. The molecule has 5 rings (SSSR count). The molecule has 4 aromatic rings. The minimum Gasteiger partial charge on any atom is -0.436 e. The lowest BCUT2D eigenvalue weighted by Crippen LogP contribution is -2.56. The minimum absolute atomic E-state index is 0.363. The molecule has 0 amide bonds. The summed E-state index contributed by atoms with van der Waals surface area (Å²) in [6.07, 6.45) is 5.91. The van der Waals surface area contributed by atoms with Crippen molar-refractivity contribution in [3.05, 3.63) is 71.1 Å². The minimum atomic E-state index is 0.363. The van der Waals surface area contributed by atoms with Crippen molar-refractivity contribution >= 4 is 34.6 Å². The Bertz CT molecular complexity index is 1550. The molecule has 0 bridgehead atoms. The molecule has 2 aromatic heterocycles. The Hall–Kier alpha value is -4.39. The number of aromatic nitrogens is 4. The van der Waals surface area contributed by atoms with Gasteiger partial charge in [-0.15, -0.1) is 4.98 Å². The number of nitrogens with one attached hydrogen (secondary N) is 1. The molecule has 9 heteroatoms. The second-order valence-corrected chi connectivity index (χ2v) is 9.36. The number of benzene rings is 2. The summed E-state index contributed by atoms with van der Waals surface area (Å²) in [7, 11) is 1.91. The van der Waals surface area contributed by atoms with E-state index in [0.29, 0.717) is 45.3 Å². The van der Waals surface area contributed by atoms with E-state index in [1.807, 2.05) is 67.9 Å². The van der Waals surface area contributed by atoms with E-state index in [2.05, 4.69) is 11.1 Å². The molecule has 2 aromatic carbocycles. The molecular weight excluding hydrogens is 464 g/mol. The molecule has 1 fully saturated rings. The van der Waals surface area contributed by atoms with Crippen molar-refractivity contribution in [2.75, 3.05) is 19.6 Å². The highest BCUT2D eigenvalue weighted by molar-refractivity contribution is 6.08. The monoisotopic (exact) mass is 493 g/mol. The van der Waals surface area contributed by atoms with Crippen LogP contribution >= 0.6 is 0 Å². The van der Waals surface area contributed by atoms with Gasteiger partial charge in [-0.2, -0.15) is 10.2 Å². The van der Waals surface area contributed by atoms with Gasteiger partial charge in [0, 0.05) is 38.4 Å². The van der Waals surface area contributed by atoms with Crippen LogP contribution in [0.3, 0.4) is 0 Å². The van der Waals surface area contributed by atoms with Gasteiger partial charge in [0.25, 0.3) is 5.88 Å². The maximum absolute atomic E-state index is 9.23. The molecule has 0 spiro atoms. The topological polar surface area (TPSA) is 126 Å². The van der Waals surface area contributed by atoms with Gasteiger partial charge in [0.05, 0.1) is 31.0 Å². The van der Waals surface area contributed by atoms with Gasteiger partial charge in [-0.1, -0.05) is 6.08 Å². The smallest absolute Gasteiger partial charge is 0.339 e. The van der Waals surface area contributed by atoms with Crippen LogP contribution in [0.25, 0.3) is 16.7 Å². The van der Waals surface area contributed by atoms with Gasteiger partial charge < -0.3 is 20.4 Å². The molecule has 0 unspecified atom stereocenters. The lowest BCUT2D eigenvalue weighted by atomic mass is 10.00. The molecular formula is C28H29N8O+. The number of rotatable bonds is 7. The van der Waals surface area contributed by atoms with Crippen molar-refractivity contribution in [1.29, 1.82) is 10.7 Å². The molecule has 1 saturated heterocycles. The third-order valence-electron chi connectivity index (χ3n) is 6.95. The quantitative estimate of drug-likeness (QED) is 0.284. The summed E-state index contributed by atoms with van der Waals surface area (Å²) in [5, 5.41) is 17.0. The Morgan fingerprint density at radius 1 is 1.19 bits per heavy atom. The Kier molecular flexibility index (Phi) is 6.29. The number of aryl methyl sites for hydroxylation is 3. The van der Waals surface area contributed by atoms with E-state index in [1.54, 1.807) is 6.33 Å². The molecule has 1 aliphatic heterocycles. The van der Waals surface area contributed by atoms with Crippen LogP contribution < -0.4 is 15.0 Å². The van der Waals surface area contributed by atoms with Crippen molar-refractivity contribution in [2.24, 2.45) is 12.8 Å². The lowest BCUT2D eigenvalue weighted by Gasteiger charge is -2.42. The number of ether oxygens (including phenoxy) is 1. The predicted octanol–water partition coefficient (Wildman–Crippen LogP) is 4.68. The van der Waals surface area contributed by atoms with Gasteiger partial charge in [-0.05, 0) is 60.4 Å². The number of hydrogen-bond acceptors (Lipinski definition) is 7. The molecule has 3 heterocycles. The summed E-state index contributed by atoms with van der Waals surface area (Å²) >= 11 is 0. The van der Waals surface area contributed by atoms with Gasteiger partial charge in [0.2, 0.25) is 0 Å². The Morgan fingerprint density at radius 2 is 1.89 bits per heavy atom. The fourth-order valence-electron chi connectivity index (χ4n) is 4.86. The number of fused-ring (bicyclic) bond motifs is 1. The summed E-state index contributed by atoms with van der Waals surface area (Å²) in [4.78, 5) is 14.4. The van der Waals surface area contributed by atoms with E-state index < -0.39 is 0 Å². The summed E-state index contributed by atoms with van der Waals surface area (Å²) in [5.41, 5.74) is 12.2. The van der Waals surface area contributed by atoms with E-state index in [0.717, 1.165) is 47.5 Å². The molecule has 0 saturated carbocycles. The Balaban J connectivity index is 1.61. The standard InChI is InChI=1S/C28H29N8O/c1-18-13-22(21(16-31)9-10-29)14-19(2)25(18)37-27-24-26(35(3)17-32-24)33-28(34-27)36(11-4-12-36)23-7-5-20(15-30)6-8-23/h5-9,13-14,16-17,31H,4,10-12,29H2,1-3H3/q+1. The molecule has 1 aliphatic rings. The average molecular weight is 494 g/mol. The van der Waals surface area contributed by atoms with Crippen LogP contribution in [-0.4, -0.2) is 45.4 Å². The van der Waals surface area contributed by atoms with E-state index in [9.17, 15) is 5.26 Å². The number of hydrogen-bond donors (Lipinski definition) is 2. The first-order chi connectivity index (χ1) is 17.9. The fourth-order valence-corrected chi connectivity index (χ4v) is 4.86. The Labute approximate surface area is 215 Å². The first-order valence-corrected chi connectivity index (χ1v) is 12.2. The SMILES string of the molecule is Cc1cc(C(C=N)=CCN)cc(C)c1Oc1nc([N+]2(c3ccc(C#N)cc3)CCC2)nc2c1ncn2C. The maximum Gasteiger partial charge on any atom is 0.339 e. The number of imidazole rings is 1. The zero-order chi connectivity index (χ0) is 26.2. The summed E-state index contributed by atoms with van der Waals surface area (Å²) < 4.78 is 8.86. The van der Waals surface area contributed by atoms with Gasteiger partial charge in [-0.3, -0.25) is 0 Å². The van der Waals surface area contributed by atoms with Gasteiger partial charge in [0.15, 0.2) is 11.2 Å². The first-order valence-electron chi connectivity index (χ1n) is 12.2. The van der Waals surface area contributed by atoms with Crippen LogP contribution in [0.1, 0.15) is 28.7 Å². The number of quaternary nitrogens is 1. The van der Waals surface area contributed by atoms with Crippen LogP contribution in [0, 0.1) is 30.6 Å². The number of nitriles is 1. The largest absolute Gasteiger partial charge is 0.436 e. The van der Waals surface area contributed by atoms with Gasteiger partial charge in [-0.25, -0.2) is 9.47 Å². The van der Waals surface area contributed by atoms with Crippen LogP contribution in [0.4, 0.5) is 11.6 Å².